The Kier molecular flexibility index (Phi) is 4.37. The maximum Gasteiger partial charge on any atom is 0.258 e. The number of methoxy groups -OCH3 is 1. The molecule has 1 aromatic rings. The SMILES string of the molecule is COc1ccc(F)c(F)c1C(=O)N[C@H]1[C@H]2CCO[C@H]2[C@@H]1N1CCCC1. The summed E-state index contributed by atoms with van der Waals surface area (Å²) < 4.78 is 38.7. The number of nitrogens with one attached hydrogen (secondary N) is 1. The van der Waals surface area contributed by atoms with Crippen LogP contribution in [0.4, 0.5) is 8.78 Å². The molecule has 1 aromatic carbocycles. The van der Waals surface area contributed by atoms with E-state index >= 15 is 0 Å². The molecule has 1 saturated carbocycles. The minimum absolute atomic E-state index is 0.0349. The van der Waals surface area contributed by atoms with Crippen LogP contribution in [0.3, 0.4) is 0 Å². The van der Waals surface area contributed by atoms with Crippen LogP contribution in [0.15, 0.2) is 12.1 Å². The van der Waals surface area contributed by atoms with Gasteiger partial charge in [0, 0.05) is 12.5 Å². The molecule has 1 amide bonds. The van der Waals surface area contributed by atoms with Gasteiger partial charge in [-0.25, -0.2) is 8.78 Å². The second kappa shape index (κ2) is 6.53. The Balaban J connectivity index is 1.57. The standard InChI is InChI=1S/C18H22F2N2O3/c1-24-12-5-4-11(19)14(20)13(12)18(23)21-15-10-6-9-25-17(10)16(15)22-7-2-3-8-22/h4-5,10,15-17H,2-3,6-9H2,1H3,(H,21,23)/t10-,15+,16-,17-/m1/s1. The smallest absolute Gasteiger partial charge is 0.258 e. The number of fused-ring (bicyclic) bond motifs is 1. The van der Waals surface area contributed by atoms with Gasteiger partial charge in [-0.1, -0.05) is 0 Å². The van der Waals surface area contributed by atoms with Gasteiger partial charge in [0.25, 0.3) is 5.91 Å². The molecule has 2 heterocycles. The van der Waals surface area contributed by atoms with Crippen molar-refractivity contribution in [3.05, 3.63) is 29.3 Å². The summed E-state index contributed by atoms with van der Waals surface area (Å²) in [7, 11) is 1.33. The Labute approximate surface area is 145 Å². The van der Waals surface area contributed by atoms with E-state index in [1.807, 2.05) is 0 Å². The molecular formula is C18H22F2N2O3. The maximum absolute atomic E-state index is 14.2. The first-order valence-electron chi connectivity index (χ1n) is 8.80. The number of halogens is 2. The summed E-state index contributed by atoms with van der Waals surface area (Å²) in [4.78, 5) is 15.0. The Hall–Kier alpha value is -1.73. The lowest BCUT2D eigenvalue weighted by molar-refractivity contribution is -0.0747. The predicted molar refractivity (Wildman–Crippen MR) is 86.6 cm³/mol. The van der Waals surface area contributed by atoms with Gasteiger partial charge in [-0.05, 0) is 44.5 Å². The van der Waals surface area contributed by atoms with E-state index < -0.39 is 17.5 Å². The average molecular weight is 352 g/mol. The lowest BCUT2D eigenvalue weighted by Crippen LogP contribution is -2.70. The Morgan fingerprint density at radius 2 is 2.08 bits per heavy atom. The largest absolute Gasteiger partial charge is 0.496 e. The van der Waals surface area contributed by atoms with Crippen molar-refractivity contribution in [2.45, 2.75) is 37.5 Å². The van der Waals surface area contributed by atoms with E-state index in [9.17, 15) is 13.6 Å². The van der Waals surface area contributed by atoms with E-state index in [4.69, 9.17) is 9.47 Å². The van der Waals surface area contributed by atoms with Gasteiger partial charge in [-0.3, -0.25) is 9.69 Å². The molecule has 0 bridgehead atoms. The molecule has 5 nitrogen and oxygen atoms in total. The zero-order valence-corrected chi connectivity index (χ0v) is 14.1. The zero-order valence-electron chi connectivity index (χ0n) is 14.1. The number of amides is 1. The first-order valence-corrected chi connectivity index (χ1v) is 8.80. The number of ether oxygens (including phenoxy) is 2. The highest BCUT2D eigenvalue weighted by molar-refractivity contribution is 5.97. The highest BCUT2D eigenvalue weighted by Gasteiger charge is 2.57. The van der Waals surface area contributed by atoms with Crippen molar-refractivity contribution in [3.8, 4) is 5.75 Å². The summed E-state index contributed by atoms with van der Waals surface area (Å²) in [6, 6.07) is 2.24. The van der Waals surface area contributed by atoms with Crippen LogP contribution >= 0.6 is 0 Å². The van der Waals surface area contributed by atoms with E-state index in [0.717, 1.165) is 38.4 Å². The average Bonchev–Trinajstić information content (AvgIpc) is 3.26. The monoisotopic (exact) mass is 352 g/mol. The number of benzene rings is 1. The Morgan fingerprint density at radius 1 is 1.32 bits per heavy atom. The number of carbonyl (C=O) groups is 1. The molecule has 1 N–H and O–H groups in total. The van der Waals surface area contributed by atoms with Gasteiger partial charge in [0.05, 0.1) is 25.3 Å². The number of rotatable bonds is 4. The van der Waals surface area contributed by atoms with Crippen LogP contribution in [0.25, 0.3) is 0 Å². The molecule has 0 unspecified atom stereocenters. The third-order valence-electron chi connectivity index (χ3n) is 5.71. The van der Waals surface area contributed by atoms with Crippen LogP contribution in [-0.2, 0) is 4.74 Å². The number of hydrogen-bond acceptors (Lipinski definition) is 4. The molecular weight excluding hydrogens is 330 g/mol. The molecule has 0 spiro atoms. The van der Waals surface area contributed by atoms with E-state index in [1.54, 1.807) is 0 Å². The third-order valence-corrected chi connectivity index (χ3v) is 5.71. The molecule has 4 atom stereocenters. The molecule has 7 heteroatoms. The molecule has 2 saturated heterocycles. The van der Waals surface area contributed by atoms with Crippen molar-refractivity contribution in [2.24, 2.45) is 5.92 Å². The summed E-state index contributed by atoms with van der Waals surface area (Å²) in [6.45, 7) is 2.66. The number of nitrogens with zero attached hydrogens (tertiary/aromatic N) is 1. The minimum Gasteiger partial charge on any atom is -0.496 e. The maximum atomic E-state index is 14.2. The topological polar surface area (TPSA) is 50.8 Å². The molecule has 0 aromatic heterocycles. The van der Waals surface area contributed by atoms with Crippen LogP contribution in [0.1, 0.15) is 29.6 Å². The second-order valence-electron chi connectivity index (χ2n) is 6.96. The molecule has 2 aliphatic heterocycles. The summed E-state index contributed by atoms with van der Waals surface area (Å²) in [6.07, 6.45) is 3.28. The third kappa shape index (κ3) is 2.69. The molecule has 0 radical (unpaired) electrons. The zero-order chi connectivity index (χ0) is 17.6. The van der Waals surface area contributed by atoms with E-state index in [0.29, 0.717) is 6.61 Å². The first-order chi connectivity index (χ1) is 12.1. The van der Waals surface area contributed by atoms with Crippen molar-refractivity contribution >= 4 is 5.91 Å². The van der Waals surface area contributed by atoms with Crippen LogP contribution in [-0.4, -0.2) is 55.8 Å². The van der Waals surface area contributed by atoms with Crippen LogP contribution in [0, 0.1) is 17.6 Å². The summed E-state index contributed by atoms with van der Waals surface area (Å²) in [5, 5.41) is 2.93. The fraction of sp³-hybridized carbons (Fsp3) is 0.611. The normalized spacial score (nSPS) is 31.5. The number of hydrogen-bond donors (Lipinski definition) is 1. The fourth-order valence-corrected chi connectivity index (χ4v) is 4.48. The molecule has 1 aliphatic carbocycles. The first kappa shape index (κ1) is 16.7. The van der Waals surface area contributed by atoms with Crippen LogP contribution < -0.4 is 10.1 Å². The molecule has 4 rings (SSSR count). The van der Waals surface area contributed by atoms with Gasteiger partial charge in [0.15, 0.2) is 11.6 Å². The van der Waals surface area contributed by atoms with Gasteiger partial charge in [0.1, 0.15) is 11.3 Å². The van der Waals surface area contributed by atoms with Gasteiger partial charge < -0.3 is 14.8 Å². The molecule has 3 aliphatic rings. The van der Waals surface area contributed by atoms with Crippen molar-refractivity contribution in [3.63, 3.8) is 0 Å². The minimum atomic E-state index is -1.17. The van der Waals surface area contributed by atoms with Gasteiger partial charge in [0.2, 0.25) is 0 Å². The van der Waals surface area contributed by atoms with Crippen LogP contribution in [0.2, 0.25) is 0 Å². The quantitative estimate of drug-likeness (QED) is 0.900. The van der Waals surface area contributed by atoms with Crippen LogP contribution in [0.5, 0.6) is 5.75 Å². The lowest BCUT2D eigenvalue weighted by atomic mass is 9.70. The molecule has 136 valence electrons. The lowest BCUT2D eigenvalue weighted by Gasteiger charge is -2.51. The van der Waals surface area contributed by atoms with E-state index in [2.05, 4.69) is 10.2 Å². The van der Waals surface area contributed by atoms with E-state index in [-0.39, 0.29) is 35.4 Å². The highest BCUT2D eigenvalue weighted by Crippen LogP contribution is 2.43. The predicted octanol–water partition coefficient (Wildman–Crippen LogP) is 1.95. The van der Waals surface area contributed by atoms with E-state index in [1.165, 1.54) is 13.2 Å². The second-order valence-corrected chi connectivity index (χ2v) is 6.96. The molecule has 25 heavy (non-hydrogen) atoms. The Morgan fingerprint density at radius 3 is 2.80 bits per heavy atom. The molecule has 3 fully saturated rings. The number of carbonyl (C=O) groups excluding carboxylic acids is 1. The summed E-state index contributed by atoms with van der Waals surface area (Å²) >= 11 is 0. The van der Waals surface area contributed by atoms with Gasteiger partial charge in [-0.15, -0.1) is 0 Å². The van der Waals surface area contributed by atoms with Crippen molar-refractivity contribution in [1.29, 1.82) is 0 Å². The van der Waals surface area contributed by atoms with Crippen molar-refractivity contribution in [1.82, 2.24) is 10.2 Å². The highest BCUT2D eigenvalue weighted by atomic mass is 19.2. The van der Waals surface area contributed by atoms with Gasteiger partial charge in [-0.2, -0.15) is 0 Å². The van der Waals surface area contributed by atoms with Crippen molar-refractivity contribution < 1.29 is 23.0 Å². The fourth-order valence-electron chi connectivity index (χ4n) is 4.48. The summed E-state index contributed by atoms with van der Waals surface area (Å²) in [5.41, 5.74) is -0.370. The summed E-state index contributed by atoms with van der Waals surface area (Å²) in [5.74, 6) is -2.59. The number of likely N-dealkylation sites (tertiary alicyclic amines) is 1. The van der Waals surface area contributed by atoms with Gasteiger partial charge >= 0.3 is 0 Å². The van der Waals surface area contributed by atoms with Crippen molar-refractivity contribution in [2.75, 3.05) is 26.8 Å². The Bertz CT molecular complexity index is 674.